The van der Waals surface area contributed by atoms with Gasteiger partial charge in [-0.1, -0.05) is 0 Å². The minimum absolute atomic E-state index is 0. The molecule has 0 aromatic heterocycles. The second-order valence-electron chi connectivity index (χ2n) is 3.16. The van der Waals surface area contributed by atoms with Gasteiger partial charge >= 0.3 is 23.1 Å². The van der Waals surface area contributed by atoms with E-state index in [1.54, 1.807) is 0 Å². The van der Waals surface area contributed by atoms with E-state index in [0.29, 0.717) is 0 Å². The van der Waals surface area contributed by atoms with Gasteiger partial charge in [0.05, 0.1) is 5.39 Å². The predicted molar refractivity (Wildman–Crippen MR) is 49.4 cm³/mol. The Hall–Kier alpha value is -0.444. The van der Waals surface area contributed by atoms with Gasteiger partial charge in [-0.3, -0.25) is 0 Å². The van der Waals surface area contributed by atoms with Gasteiger partial charge in [0.25, 0.3) is 0 Å². The molecule has 0 aliphatic heterocycles. The van der Waals surface area contributed by atoms with Crippen LogP contribution in [0.1, 0.15) is 0 Å². The molecule has 0 aliphatic carbocycles. The Labute approximate surface area is 136 Å². The molecule has 0 saturated heterocycles. The van der Waals surface area contributed by atoms with Crippen LogP contribution in [0.5, 0.6) is 0 Å². The summed E-state index contributed by atoms with van der Waals surface area (Å²) in [6.07, 6.45) is 0. The molecule has 0 nitrogen and oxygen atoms in total. The molecule has 0 atom stereocenters. The quantitative estimate of drug-likeness (QED) is 0.213. The first-order valence-corrected chi connectivity index (χ1v) is 4.15. The first-order valence-electron chi connectivity index (χ1n) is 4.15. The van der Waals surface area contributed by atoms with Gasteiger partial charge in [-0.2, -0.15) is 0 Å². The fraction of sp³-hybridized carbons (Fsp3) is 0. The molecule has 0 unspecified atom stereocenters. The number of halogens is 9. The van der Waals surface area contributed by atoms with Crippen molar-refractivity contribution in [2.45, 2.75) is 0 Å². The van der Waals surface area contributed by atoms with Crippen LogP contribution in [0.4, 0.5) is 30.7 Å². The SMILES string of the molecule is Fc1cc2c(F)c(F)c(F)c(F)c2c(F)c1F.[Cl-].[Cl-].[Mg+2]. The topological polar surface area (TPSA) is 0 Å². The summed E-state index contributed by atoms with van der Waals surface area (Å²) in [6.45, 7) is 0. The van der Waals surface area contributed by atoms with Crippen molar-refractivity contribution in [3.8, 4) is 0 Å². The van der Waals surface area contributed by atoms with Gasteiger partial charge in [0, 0.05) is 5.39 Å². The average molecular weight is 349 g/mol. The second kappa shape index (κ2) is 7.53. The van der Waals surface area contributed by atoms with Gasteiger partial charge < -0.3 is 24.8 Å². The molecule has 0 heterocycles. The third-order valence-corrected chi connectivity index (χ3v) is 2.20. The van der Waals surface area contributed by atoms with Gasteiger partial charge in [-0.05, 0) is 6.07 Å². The second-order valence-corrected chi connectivity index (χ2v) is 3.16. The molecule has 0 N–H and O–H groups in total. The normalized spacial score (nSPS) is 9.55. The molecular formula is C10HCl2F7Mg. The minimum Gasteiger partial charge on any atom is -1.00 e. The Morgan fingerprint density at radius 1 is 0.550 bits per heavy atom. The van der Waals surface area contributed by atoms with Gasteiger partial charge in [0.2, 0.25) is 0 Å². The average Bonchev–Trinajstić information content (AvgIpc) is 2.30. The summed E-state index contributed by atoms with van der Waals surface area (Å²) in [5.41, 5.74) is 0. The smallest absolute Gasteiger partial charge is 1.00 e. The van der Waals surface area contributed by atoms with Crippen LogP contribution in [0.2, 0.25) is 0 Å². The Kier molecular flexibility index (Phi) is 8.23. The van der Waals surface area contributed by atoms with Gasteiger partial charge in [-0.15, -0.1) is 0 Å². The third kappa shape index (κ3) is 3.08. The Bertz CT molecular complexity index is 640. The van der Waals surface area contributed by atoms with Crippen molar-refractivity contribution in [3.05, 3.63) is 46.8 Å². The van der Waals surface area contributed by atoms with Crippen LogP contribution in [0.25, 0.3) is 10.8 Å². The summed E-state index contributed by atoms with van der Waals surface area (Å²) in [6, 6.07) is 0.0503. The molecule has 0 radical (unpaired) electrons. The summed E-state index contributed by atoms with van der Waals surface area (Å²) in [5, 5.41) is -2.68. The maximum absolute atomic E-state index is 13.1. The summed E-state index contributed by atoms with van der Waals surface area (Å²) < 4.78 is 90.3. The van der Waals surface area contributed by atoms with Crippen molar-refractivity contribution < 1.29 is 55.5 Å². The van der Waals surface area contributed by atoms with E-state index in [1.165, 1.54) is 0 Å². The van der Waals surface area contributed by atoms with E-state index in [4.69, 9.17) is 0 Å². The molecule has 0 saturated carbocycles. The molecule has 20 heavy (non-hydrogen) atoms. The first-order chi connectivity index (χ1) is 7.86. The number of rotatable bonds is 0. The van der Waals surface area contributed by atoms with Crippen LogP contribution in [0, 0.1) is 40.7 Å². The number of fused-ring (bicyclic) bond motifs is 1. The van der Waals surface area contributed by atoms with Crippen LogP contribution in [0.3, 0.4) is 0 Å². The number of benzene rings is 2. The molecule has 0 spiro atoms. The molecule has 106 valence electrons. The van der Waals surface area contributed by atoms with Crippen molar-refractivity contribution in [1.29, 1.82) is 0 Å². The van der Waals surface area contributed by atoms with Crippen molar-refractivity contribution >= 4 is 33.8 Å². The Morgan fingerprint density at radius 2 is 0.950 bits per heavy atom. The van der Waals surface area contributed by atoms with Crippen LogP contribution in [-0.4, -0.2) is 23.1 Å². The van der Waals surface area contributed by atoms with Gasteiger partial charge in [0.15, 0.2) is 40.7 Å². The van der Waals surface area contributed by atoms with E-state index < -0.39 is 51.5 Å². The summed E-state index contributed by atoms with van der Waals surface area (Å²) >= 11 is 0. The zero-order valence-corrected chi connectivity index (χ0v) is 12.1. The van der Waals surface area contributed by atoms with E-state index in [9.17, 15) is 30.7 Å². The van der Waals surface area contributed by atoms with E-state index in [-0.39, 0.29) is 53.9 Å². The molecular weight excluding hydrogens is 348 g/mol. The third-order valence-electron chi connectivity index (χ3n) is 2.20. The molecule has 2 aromatic rings. The summed E-state index contributed by atoms with van der Waals surface area (Å²) in [4.78, 5) is 0. The van der Waals surface area contributed by atoms with Crippen molar-refractivity contribution in [1.82, 2.24) is 0 Å². The van der Waals surface area contributed by atoms with Crippen LogP contribution < -0.4 is 24.8 Å². The van der Waals surface area contributed by atoms with Crippen molar-refractivity contribution in [2.24, 2.45) is 0 Å². The maximum Gasteiger partial charge on any atom is 2.00 e. The van der Waals surface area contributed by atoms with Crippen molar-refractivity contribution in [2.75, 3.05) is 0 Å². The van der Waals surface area contributed by atoms with Crippen LogP contribution in [-0.2, 0) is 0 Å². The van der Waals surface area contributed by atoms with Gasteiger partial charge in [0.1, 0.15) is 0 Å². The molecule has 0 amide bonds. The molecule has 0 fully saturated rings. The minimum atomic E-state index is -2.29. The summed E-state index contributed by atoms with van der Waals surface area (Å²) in [7, 11) is 0. The predicted octanol–water partition coefficient (Wildman–Crippen LogP) is -2.56. The largest absolute Gasteiger partial charge is 2.00 e. The Morgan fingerprint density at radius 3 is 1.45 bits per heavy atom. The standard InChI is InChI=1S/C10HF7.2ClH.Mg/c11-3-1-2-4(7(14)6(3)13)8(15)10(17)9(16)5(2)12;;;/h1H;2*1H;/q;;;+2/p-2. The monoisotopic (exact) mass is 348 g/mol. The van der Waals surface area contributed by atoms with Crippen molar-refractivity contribution in [3.63, 3.8) is 0 Å². The molecule has 2 aromatic carbocycles. The number of hydrogen-bond acceptors (Lipinski definition) is 0. The van der Waals surface area contributed by atoms with Gasteiger partial charge in [-0.25, -0.2) is 30.7 Å². The van der Waals surface area contributed by atoms with E-state index in [0.717, 1.165) is 0 Å². The summed E-state index contributed by atoms with van der Waals surface area (Å²) in [5.74, 6) is -14.7. The zero-order valence-electron chi connectivity index (χ0n) is 9.19. The fourth-order valence-electron chi connectivity index (χ4n) is 1.40. The maximum atomic E-state index is 13.1. The van der Waals surface area contributed by atoms with Crippen LogP contribution >= 0.6 is 0 Å². The molecule has 2 rings (SSSR count). The van der Waals surface area contributed by atoms with E-state index >= 15 is 0 Å². The molecule has 10 heteroatoms. The number of hydrogen-bond donors (Lipinski definition) is 0. The van der Waals surface area contributed by atoms with E-state index in [2.05, 4.69) is 0 Å². The molecule has 0 aliphatic rings. The van der Waals surface area contributed by atoms with Crippen LogP contribution in [0.15, 0.2) is 6.07 Å². The molecule has 0 bridgehead atoms. The fourth-order valence-corrected chi connectivity index (χ4v) is 1.40. The zero-order chi connectivity index (χ0) is 12.9. The van der Waals surface area contributed by atoms with E-state index in [1.807, 2.05) is 0 Å². The Balaban J connectivity index is 0. The first kappa shape index (κ1) is 21.8.